The average molecular weight is 396 g/mol. The van der Waals surface area contributed by atoms with Crippen LogP contribution in [0, 0.1) is 5.82 Å². The van der Waals surface area contributed by atoms with Crippen LogP contribution >= 0.6 is 0 Å². The maximum atomic E-state index is 13.2. The molecule has 2 aliphatic heterocycles. The van der Waals surface area contributed by atoms with Gasteiger partial charge >= 0.3 is 5.97 Å². The molecule has 0 aromatic heterocycles. The quantitative estimate of drug-likeness (QED) is 0.620. The Bertz CT molecular complexity index is 937. The van der Waals surface area contributed by atoms with E-state index >= 15 is 0 Å². The molecule has 2 aromatic carbocycles. The van der Waals surface area contributed by atoms with Crippen molar-refractivity contribution in [3.63, 3.8) is 0 Å². The molecule has 0 bridgehead atoms. The van der Waals surface area contributed by atoms with Crippen LogP contribution in [-0.2, 0) is 9.59 Å². The molecular formula is C21H21FN4O3. The highest BCUT2D eigenvalue weighted by atomic mass is 19.1. The monoisotopic (exact) mass is 396 g/mol. The number of hydrogen-bond acceptors (Lipinski definition) is 6. The number of ether oxygens (including phenoxy) is 1. The van der Waals surface area contributed by atoms with Gasteiger partial charge in [0.05, 0.1) is 5.69 Å². The summed E-state index contributed by atoms with van der Waals surface area (Å²) >= 11 is 0. The van der Waals surface area contributed by atoms with E-state index in [4.69, 9.17) is 10.5 Å². The van der Waals surface area contributed by atoms with Gasteiger partial charge in [-0.15, -0.1) is 0 Å². The first kappa shape index (κ1) is 18.9. The number of anilines is 2. The molecule has 1 saturated heterocycles. The molecular weight excluding hydrogens is 375 g/mol. The number of nitrogens with zero attached hydrogens (tertiary/aromatic N) is 3. The number of hydrazone groups is 1. The number of halogens is 1. The highest BCUT2D eigenvalue weighted by Gasteiger charge is 2.36. The first-order chi connectivity index (χ1) is 14.0. The molecule has 1 amide bonds. The summed E-state index contributed by atoms with van der Waals surface area (Å²) in [5.41, 5.74) is 7.11. The maximum Gasteiger partial charge on any atom is 0.359 e. The molecule has 150 valence electrons. The number of esters is 1. The summed E-state index contributed by atoms with van der Waals surface area (Å²) in [6.07, 6.45) is 2.39. The molecule has 7 nitrogen and oxygen atoms in total. The van der Waals surface area contributed by atoms with Crippen molar-refractivity contribution in [2.45, 2.75) is 25.3 Å². The van der Waals surface area contributed by atoms with E-state index in [2.05, 4.69) is 10.0 Å². The van der Waals surface area contributed by atoms with Crippen LogP contribution in [0.25, 0.3) is 0 Å². The third-order valence-corrected chi connectivity index (χ3v) is 5.08. The van der Waals surface area contributed by atoms with E-state index in [1.54, 1.807) is 12.1 Å². The fraction of sp³-hybridized carbons (Fsp3) is 0.286. The topological polar surface area (TPSA) is 88.2 Å². The lowest BCUT2D eigenvalue weighted by atomic mass is 10.1. The predicted octanol–water partition coefficient (Wildman–Crippen LogP) is 2.45. The minimum Gasteiger partial charge on any atom is -0.422 e. The Morgan fingerprint density at radius 2 is 1.62 bits per heavy atom. The van der Waals surface area contributed by atoms with Crippen LogP contribution in [0.15, 0.2) is 53.6 Å². The van der Waals surface area contributed by atoms with E-state index in [1.807, 2.05) is 12.1 Å². The van der Waals surface area contributed by atoms with Crippen LogP contribution in [0.2, 0.25) is 0 Å². The third kappa shape index (κ3) is 4.06. The van der Waals surface area contributed by atoms with Crippen molar-refractivity contribution >= 4 is 29.0 Å². The molecule has 0 radical (unpaired) electrons. The smallest absolute Gasteiger partial charge is 0.359 e. The SMILES string of the molecule is NC(=O)[C@H]1CC(C(=O)Oc2ccc(N3CCCC3)cc2)=NN1c1ccc(F)cc1. The number of carbonyl (C=O) groups is 2. The Morgan fingerprint density at radius 1 is 1.00 bits per heavy atom. The van der Waals surface area contributed by atoms with Gasteiger partial charge in [0.25, 0.3) is 0 Å². The number of nitrogens with two attached hydrogens (primary N) is 1. The fourth-order valence-electron chi connectivity index (χ4n) is 3.55. The van der Waals surface area contributed by atoms with E-state index in [0.717, 1.165) is 18.8 Å². The maximum absolute atomic E-state index is 13.2. The van der Waals surface area contributed by atoms with Crippen LogP contribution in [0.3, 0.4) is 0 Å². The van der Waals surface area contributed by atoms with Crippen LogP contribution in [-0.4, -0.2) is 36.7 Å². The van der Waals surface area contributed by atoms with Gasteiger partial charge in [0.2, 0.25) is 5.91 Å². The van der Waals surface area contributed by atoms with E-state index in [1.165, 1.54) is 42.1 Å². The van der Waals surface area contributed by atoms with Crippen LogP contribution < -0.4 is 20.4 Å². The zero-order valence-electron chi connectivity index (χ0n) is 15.8. The second kappa shape index (κ2) is 7.90. The van der Waals surface area contributed by atoms with Crippen molar-refractivity contribution in [2.75, 3.05) is 23.0 Å². The number of hydrogen-bond donors (Lipinski definition) is 1. The Kier molecular flexibility index (Phi) is 5.16. The Hall–Kier alpha value is -3.42. The van der Waals surface area contributed by atoms with Gasteiger partial charge in [-0.2, -0.15) is 5.10 Å². The normalized spacial score (nSPS) is 18.7. The third-order valence-electron chi connectivity index (χ3n) is 5.08. The zero-order chi connectivity index (χ0) is 20.4. The number of benzene rings is 2. The van der Waals surface area contributed by atoms with Gasteiger partial charge in [-0.1, -0.05) is 0 Å². The van der Waals surface area contributed by atoms with Crippen molar-refractivity contribution in [2.24, 2.45) is 10.8 Å². The molecule has 2 heterocycles. The summed E-state index contributed by atoms with van der Waals surface area (Å²) in [6, 6.07) is 11.9. The molecule has 2 N–H and O–H groups in total. The fourth-order valence-corrected chi connectivity index (χ4v) is 3.55. The van der Waals surface area contributed by atoms with Gasteiger partial charge in [-0.3, -0.25) is 9.80 Å². The molecule has 8 heteroatoms. The van der Waals surface area contributed by atoms with Crippen molar-refractivity contribution in [3.05, 3.63) is 54.3 Å². The minimum atomic E-state index is -0.833. The molecule has 0 unspecified atom stereocenters. The van der Waals surface area contributed by atoms with Gasteiger partial charge in [-0.25, -0.2) is 9.18 Å². The predicted molar refractivity (Wildman–Crippen MR) is 107 cm³/mol. The number of primary amides is 1. The lowest BCUT2D eigenvalue weighted by molar-refractivity contribution is -0.127. The summed E-state index contributed by atoms with van der Waals surface area (Å²) in [5, 5.41) is 5.54. The van der Waals surface area contributed by atoms with Crippen LogP contribution in [0.4, 0.5) is 15.8 Å². The summed E-state index contributed by atoms with van der Waals surface area (Å²) < 4.78 is 18.6. The van der Waals surface area contributed by atoms with Crippen molar-refractivity contribution < 1.29 is 18.7 Å². The molecule has 1 fully saturated rings. The van der Waals surface area contributed by atoms with Gasteiger partial charge in [0, 0.05) is 25.2 Å². The molecule has 0 saturated carbocycles. The summed E-state index contributed by atoms with van der Waals surface area (Å²) in [4.78, 5) is 26.7. The van der Waals surface area contributed by atoms with Crippen LogP contribution in [0.5, 0.6) is 5.75 Å². The molecule has 1 atom stereocenters. The lowest BCUT2D eigenvalue weighted by Crippen LogP contribution is -2.39. The molecule has 0 spiro atoms. The standard InChI is InChI=1S/C21H21FN4O3/c22-14-3-5-16(6-4-14)26-19(20(23)27)13-18(24-26)21(28)29-17-9-7-15(8-10-17)25-11-1-2-12-25/h3-10,19H,1-2,11-13H2,(H2,23,27)/t19-/m1/s1. The largest absolute Gasteiger partial charge is 0.422 e. The number of carbonyl (C=O) groups excluding carboxylic acids is 2. The van der Waals surface area contributed by atoms with E-state index in [0.29, 0.717) is 11.4 Å². The summed E-state index contributed by atoms with van der Waals surface area (Å²) in [5.74, 6) is -1.29. The Balaban J connectivity index is 1.48. The zero-order valence-corrected chi connectivity index (χ0v) is 15.8. The first-order valence-corrected chi connectivity index (χ1v) is 9.50. The summed E-state index contributed by atoms with van der Waals surface area (Å²) in [7, 11) is 0. The molecule has 4 rings (SSSR count). The number of amides is 1. The Labute approximate surface area is 167 Å². The second-order valence-electron chi connectivity index (χ2n) is 7.07. The molecule has 0 aliphatic carbocycles. The molecule has 2 aromatic rings. The van der Waals surface area contributed by atoms with Gasteiger partial charge in [0.1, 0.15) is 23.3 Å². The first-order valence-electron chi connectivity index (χ1n) is 9.50. The number of rotatable bonds is 5. The molecule has 29 heavy (non-hydrogen) atoms. The highest BCUT2D eigenvalue weighted by molar-refractivity contribution is 6.38. The van der Waals surface area contributed by atoms with Crippen molar-refractivity contribution in [1.29, 1.82) is 0 Å². The van der Waals surface area contributed by atoms with E-state index in [9.17, 15) is 14.0 Å². The average Bonchev–Trinajstić information content (AvgIpc) is 3.39. The summed E-state index contributed by atoms with van der Waals surface area (Å²) in [6.45, 7) is 2.06. The van der Waals surface area contributed by atoms with Gasteiger partial charge < -0.3 is 15.4 Å². The van der Waals surface area contributed by atoms with Crippen LogP contribution in [0.1, 0.15) is 19.3 Å². The van der Waals surface area contributed by atoms with E-state index < -0.39 is 23.7 Å². The minimum absolute atomic E-state index is 0.0252. The Morgan fingerprint density at radius 3 is 2.24 bits per heavy atom. The second-order valence-corrected chi connectivity index (χ2v) is 7.07. The van der Waals surface area contributed by atoms with Gasteiger partial charge in [-0.05, 0) is 61.4 Å². The molecule has 2 aliphatic rings. The van der Waals surface area contributed by atoms with E-state index in [-0.39, 0.29) is 12.1 Å². The van der Waals surface area contributed by atoms with Crippen molar-refractivity contribution in [1.82, 2.24) is 0 Å². The van der Waals surface area contributed by atoms with Gasteiger partial charge in [0.15, 0.2) is 0 Å². The lowest BCUT2D eigenvalue weighted by Gasteiger charge is -2.20. The highest BCUT2D eigenvalue weighted by Crippen LogP contribution is 2.26. The van der Waals surface area contributed by atoms with Crippen molar-refractivity contribution in [3.8, 4) is 5.75 Å².